The topological polar surface area (TPSA) is 52.6 Å². The summed E-state index contributed by atoms with van der Waals surface area (Å²) in [6, 6.07) is 1.99. The number of hydrogen-bond donors (Lipinski definition) is 3. The van der Waals surface area contributed by atoms with E-state index >= 15 is 0 Å². The monoisotopic (exact) mass is 392 g/mol. The van der Waals surface area contributed by atoms with E-state index < -0.39 is 23.1 Å². The van der Waals surface area contributed by atoms with Crippen molar-refractivity contribution in [3.63, 3.8) is 0 Å². The van der Waals surface area contributed by atoms with Crippen LogP contribution in [-0.4, -0.2) is 16.7 Å². The van der Waals surface area contributed by atoms with Crippen LogP contribution in [0.4, 0.5) is 14.9 Å². The van der Waals surface area contributed by atoms with Gasteiger partial charge in [-0.05, 0) is 37.8 Å². The highest BCUT2D eigenvalue weighted by atomic mass is 79.9. The van der Waals surface area contributed by atoms with Crippen molar-refractivity contribution in [2.75, 3.05) is 4.31 Å². The zero-order chi connectivity index (χ0) is 17.3. The highest BCUT2D eigenvalue weighted by Crippen LogP contribution is 2.35. The Kier molecular flexibility index (Phi) is 5.78. The van der Waals surface area contributed by atoms with Gasteiger partial charge in [-0.15, -0.1) is 0 Å². The number of hydrogen-bond acceptors (Lipinski definition) is 3. The third kappa shape index (κ3) is 5.35. The summed E-state index contributed by atoms with van der Waals surface area (Å²) in [6.07, 6.45) is 0.742. The first-order valence-electron chi connectivity index (χ1n) is 6.81. The average Bonchev–Trinajstić information content (AvgIpc) is 2.28. The number of aromatic hydroxyl groups is 1. The fourth-order valence-corrected chi connectivity index (χ4v) is 3.16. The molecule has 7 heteroatoms. The Morgan fingerprint density at radius 3 is 2.41 bits per heavy atom. The minimum absolute atomic E-state index is 0.0285. The number of thiol groups is 1. The molecule has 2 N–H and O–H groups in total. The van der Waals surface area contributed by atoms with Crippen LogP contribution in [0.3, 0.4) is 0 Å². The third-order valence-electron chi connectivity index (χ3n) is 2.85. The predicted octanol–water partition coefficient (Wildman–Crippen LogP) is 4.87. The summed E-state index contributed by atoms with van der Waals surface area (Å²) in [5, 5.41) is 12.6. The molecule has 0 radical (unpaired) electrons. The fraction of sp³-hybridized carbons (Fsp3) is 0.533. The average molecular weight is 393 g/mol. The van der Waals surface area contributed by atoms with Crippen LogP contribution >= 0.6 is 28.7 Å². The van der Waals surface area contributed by atoms with E-state index in [0.29, 0.717) is 4.47 Å². The van der Waals surface area contributed by atoms with Crippen LogP contribution < -0.4 is 9.62 Å². The molecule has 0 bridgehead atoms. The van der Waals surface area contributed by atoms with Gasteiger partial charge >= 0.3 is 6.03 Å². The van der Waals surface area contributed by atoms with Crippen molar-refractivity contribution in [3.05, 3.63) is 22.4 Å². The molecule has 0 saturated heterocycles. The maximum Gasteiger partial charge on any atom is 0.332 e. The SMILES string of the molecule is CC(C)(C)CC(C)(C)NC(=O)N(S)c1cc(Br)cc(F)c1O. The third-order valence-corrected chi connectivity index (χ3v) is 3.70. The summed E-state index contributed by atoms with van der Waals surface area (Å²) in [4.78, 5) is 12.3. The molecule has 2 amide bonds. The summed E-state index contributed by atoms with van der Waals surface area (Å²) >= 11 is 7.20. The van der Waals surface area contributed by atoms with Crippen LogP contribution in [0.2, 0.25) is 0 Å². The maximum atomic E-state index is 13.6. The van der Waals surface area contributed by atoms with Gasteiger partial charge in [0, 0.05) is 10.0 Å². The summed E-state index contributed by atoms with van der Waals surface area (Å²) in [5.41, 5.74) is -0.474. The predicted molar refractivity (Wildman–Crippen MR) is 93.9 cm³/mol. The minimum atomic E-state index is -0.829. The van der Waals surface area contributed by atoms with Crippen molar-refractivity contribution >= 4 is 40.5 Å². The van der Waals surface area contributed by atoms with E-state index in [9.17, 15) is 14.3 Å². The van der Waals surface area contributed by atoms with Crippen LogP contribution in [0.15, 0.2) is 16.6 Å². The van der Waals surface area contributed by atoms with Crippen molar-refractivity contribution in [2.45, 2.75) is 46.6 Å². The van der Waals surface area contributed by atoms with Gasteiger partial charge in [0.1, 0.15) is 5.69 Å². The highest BCUT2D eigenvalue weighted by molar-refractivity contribution is 9.10. The number of halogens is 2. The number of nitrogens with zero attached hydrogens (tertiary/aromatic N) is 1. The molecule has 0 aliphatic heterocycles. The van der Waals surface area contributed by atoms with E-state index in [2.05, 4.69) is 54.8 Å². The first-order chi connectivity index (χ1) is 9.82. The van der Waals surface area contributed by atoms with E-state index in [4.69, 9.17) is 0 Å². The summed E-state index contributed by atoms with van der Waals surface area (Å²) in [7, 11) is 0. The first-order valence-corrected chi connectivity index (χ1v) is 8.01. The molecule has 0 aliphatic rings. The molecule has 0 atom stereocenters. The molecule has 0 saturated carbocycles. The summed E-state index contributed by atoms with van der Waals surface area (Å²) in [5.74, 6) is -1.45. The molecule has 0 unspecified atom stereocenters. The molecule has 0 fully saturated rings. The number of phenols is 1. The Morgan fingerprint density at radius 2 is 1.91 bits per heavy atom. The summed E-state index contributed by atoms with van der Waals surface area (Å²) < 4.78 is 14.8. The molecule has 0 heterocycles. The molecule has 0 aromatic heterocycles. The molecule has 124 valence electrons. The molecular formula is C15H22BrFN2O2S. The summed E-state index contributed by atoms with van der Waals surface area (Å²) in [6.45, 7) is 10.0. The number of phenolic OH excluding ortho intramolecular Hbond substituents is 1. The van der Waals surface area contributed by atoms with E-state index in [1.807, 2.05) is 13.8 Å². The Labute approximate surface area is 144 Å². The number of benzene rings is 1. The van der Waals surface area contributed by atoms with Gasteiger partial charge in [-0.1, -0.05) is 49.5 Å². The van der Waals surface area contributed by atoms with Gasteiger partial charge in [-0.2, -0.15) is 0 Å². The van der Waals surface area contributed by atoms with Crippen LogP contribution in [0.1, 0.15) is 41.0 Å². The van der Waals surface area contributed by atoms with Gasteiger partial charge in [0.15, 0.2) is 11.6 Å². The first kappa shape index (κ1) is 19.1. The van der Waals surface area contributed by atoms with Gasteiger partial charge < -0.3 is 10.4 Å². The van der Waals surface area contributed by atoms with Crippen LogP contribution in [0.5, 0.6) is 5.75 Å². The number of amides is 2. The molecule has 0 aliphatic carbocycles. The van der Waals surface area contributed by atoms with Gasteiger partial charge in [-0.3, -0.25) is 0 Å². The number of anilines is 1. The minimum Gasteiger partial charge on any atom is -0.503 e. The normalized spacial score (nSPS) is 12.2. The Balaban J connectivity index is 2.95. The van der Waals surface area contributed by atoms with E-state index in [1.165, 1.54) is 6.07 Å². The van der Waals surface area contributed by atoms with Gasteiger partial charge in [0.2, 0.25) is 0 Å². The second kappa shape index (κ2) is 6.66. The van der Waals surface area contributed by atoms with E-state index in [0.717, 1.165) is 16.8 Å². The van der Waals surface area contributed by atoms with Crippen LogP contribution in [0.25, 0.3) is 0 Å². The molecule has 22 heavy (non-hydrogen) atoms. The molecule has 1 aromatic carbocycles. The Bertz CT molecular complexity index is 573. The number of nitrogens with one attached hydrogen (secondary N) is 1. The van der Waals surface area contributed by atoms with Gasteiger partial charge in [0.05, 0.1) is 0 Å². The van der Waals surface area contributed by atoms with Gasteiger partial charge in [-0.25, -0.2) is 13.5 Å². The molecule has 0 spiro atoms. The van der Waals surface area contributed by atoms with Crippen molar-refractivity contribution in [2.24, 2.45) is 5.41 Å². The zero-order valence-electron chi connectivity index (χ0n) is 13.4. The lowest BCUT2D eigenvalue weighted by atomic mass is 9.82. The number of carbonyl (C=O) groups is 1. The molecule has 4 nitrogen and oxygen atoms in total. The number of rotatable bonds is 3. The number of carbonyl (C=O) groups excluding carboxylic acids is 1. The second-order valence-corrected chi connectivity index (χ2v) is 8.43. The maximum absolute atomic E-state index is 13.6. The molecule has 1 rings (SSSR count). The highest BCUT2D eigenvalue weighted by Gasteiger charge is 2.29. The Morgan fingerprint density at radius 1 is 1.36 bits per heavy atom. The lowest BCUT2D eigenvalue weighted by molar-refractivity contribution is 0.218. The van der Waals surface area contributed by atoms with Crippen molar-refractivity contribution < 1.29 is 14.3 Å². The van der Waals surface area contributed by atoms with Gasteiger partial charge in [0.25, 0.3) is 0 Å². The van der Waals surface area contributed by atoms with Crippen LogP contribution in [0, 0.1) is 11.2 Å². The van der Waals surface area contributed by atoms with Crippen molar-refractivity contribution in [1.82, 2.24) is 5.32 Å². The number of urea groups is 1. The van der Waals surface area contributed by atoms with E-state index in [1.54, 1.807) is 0 Å². The quantitative estimate of drug-likeness (QED) is 0.642. The van der Waals surface area contributed by atoms with Crippen LogP contribution in [-0.2, 0) is 0 Å². The van der Waals surface area contributed by atoms with Crippen molar-refractivity contribution in [1.29, 1.82) is 0 Å². The molecule has 1 aromatic rings. The lowest BCUT2D eigenvalue weighted by Gasteiger charge is -2.34. The van der Waals surface area contributed by atoms with E-state index in [-0.39, 0.29) is 11.1 Å². The zero-order valence-corrected chi connectivity index (χ0v) is 15.8. The molecular weight excluding hydrogens is 371 g/mol. The lowest BCUT2D eigenvalue weighted by Crippen LogP contribution is -2.49. The Hall–Kier alpha value is -0.950. The largest absolute Gasteiger partial charge is 0.503 e. The second-order valence-electron chi connectivity index (χ2n) is 7.12. The fourth-order valence-electron chi connectivity index (χ4n) is 2.54. The van der Waals surface area contributed by atoms with Crippen molar-refractivity contribution in [3.8, 4) is 5.75 Å². The standard InChI is InChI=1S/C15H22BrFN2O2S/c1-14(2,3)8-15(4,5)18-13(21)19(22)11-7-9(16)6-10(17)12(11)20/h6-7,20,22H,8H2,1-5H3,(H,18,21). The smallest absolute Gasteiger partial charge is 0.332 e.